The fourth-order valence-corrected chi connectivity index (χ4v) is 3.40. The maximum atomic E-state index is 12.8. The van der Waals surface area contributed by atoms with Gasteiger partial charge in [0, 0.05) is 44.8 Å². The molecule has 1 heterocycles. The van der Waals surface area contributed by atoms with Gasteiger partial charge in [-0.1, -0.05) is 6.42 Å². The van der Waals surface area contributed by atoms with Crippen molar-refractivity contribution in [3.05, 3.63) is 0 Å². The summed E-state index contributed by atoms with van der Waals surface area (Å²) in [5.74, 6) is -1.11. The third-order valence-electron chi connectivity index (χ3n) is 5.00. The maximum absolute atomic E-state index is 12.8. The molecule has 0 aromatic carbocycles. The molecule has 1 aliphatic heterocycles. The second-order valence-corrected chi connectivity index (χ2v) is 6.70. The summed E-state index contributed by atoms with van der Waals surface area (Å²) in [5, 5.41) is 3.38. The highest BCUT2D eigenvalue weighted by atomic mass is 19.4. The average Bonchev–Trinajstić information content (AvgIpc) is 2.45. The van der Waals surface area contributed by atoms with E-state index in [1.54, 1.807) is 0 Å². The van der Waals surface area contributed by atoms with Gasteiger partial charge >= 0.3 is 6.18 Å². The summed E-state index contributed by atoms with van der Waals surface area (Å²) >= 11 is 0. The third-order valence-corrected chi connectivity index (χ3v) is 5.00. The number of hydrogen-bond acceptors (Lipinski definition) is 3. The van der Waals surface area contributed by atoms with Gasteiger partial charge in [0.1, 0.15) is 0 Å². The van der Waals surface area contributed by atoms with Gasteiger partial charge in [0.25, 0.3) is 0 Å². The van der Waals surface area contributed by atoms with E-state index in [1.807, 2.05) is 0 Å². The van der Waals surface area contributed by atoms with Crippen LogP contribution in [0.15, 0.2) is 0 Å². The Labute approximate surface area is 125 Å². The Bertz CT molecular complexity index is 314. The minimum absolute atomic E-state index is 0.0280. The quantitative estimate of drug-likeness (QED) is 0.860. The van der Waals surface area contributed by atoms with Crippen molar-refractivity contribution in [1.29, 1.82) is 0 Å². The van der Waals surface area contributed by atoms with E-state index in [1.165, 1.54) is 0 Å². The van der Waals surface area contributed by atoms with Crippen molar-refractivity contribution in [2.75, 3.05) is 39.8 Å². The molecule has 2 fully saturated rings. The molecule has 0 amide bonds. The van der Waals surface area contributed by atoms with Gasteiger partial charge in [-0.05, 0) is 33.2 Å². The predicted octanol–water partition coefficient (Wildman–Crippen LogP) is 2.33. The van der Waals surface area contributed by atoms with Crippen LogP contribution in [0.1, 0.15) is 32.6 Å². The van der Waals surface area contributed by atoms with Crippen LogP contribution in [0.4, 0.5) is 13.2 Å². The number of alkyl halides is 3. The van der Waals surface area contributed by atoms with Crippen LogP contribution in [0.5, 0.6) is 0 Å². The molecule has 1 aliphatic carbocycles. The number of hydrogen-bond donors (Lipinski definition) is 1. The van der Waals surface area contributed by atoms with Gasteiger partial charge in [-0.15, -0.1) is 0 Å². The van der Waals surface area contributed by atoms with Crippen LogP contribution >= 0.6 is 0 Å². The first-order chi connectivity index (χ1) is 9.86. The van der Waals surface area contributed by atoms with Crippen LogP contribution in [-0.4, -0.2) is 67.8 Å². The van der Waals surface area contributed by atoms with Crippen LogP contribution in [-0.2, 0) is 0 Å². The van der Waals surface area contributed by atoms with E-state index in [2.05, 4.69) is 29.1 Å². The first kappa shape index (κ1) is 17.0. The molecule has 3 atom stereocenters. The minimum atomic E-state index is -4.02. The fraction of sp³-hybridized carbons (Fsp3) is 1.00. The average molecular weight is 307 g/mol. The van der Waals surface area contributed by atoms with Gasteiger partial charge in [-0.2, -0.15) is 13.2 Å². The lowest BCUT2D eigenvalue weighted by atomic mass is 9.85. The molecule has 0 aromatic heterocycles. The normalized spacial score (nSPS) is 31.3. The van der Waals surface area contributed by atoms with E-state index in [0.717, 1.165) is 39.1 Å². The van der Waals surface area contributed by atoms with Crippen molar-refractivity contribution in [1.82, 2.24) is 15.1 Å². The summed E-state index contributed by atoms with van der Waals surface area (Å²) in [6.07, 6.45) is -1.91. The SMILES string of the molecule is C[C@H](CN[C@@H]1CCC[C@H](C(F)(F)F)C1)N1CCN(C)CC1. The van der Waals surface area contributed by atoms with Crippen molar-refractivity contribution >= 4 is 0 Å². The van der Waals surface area contributed by atoms with Crippen LogP contribution in [0.2, 0.25) is 0 Å². The first-order valence-corrected chi connectivity index (χ1v) is 8.09. The van der Waals surface area contributed by atoms with Crippen LogP contribution < -0.4 is 5.32 Å². The standard InChI is InChI=1S/C15H28F3N3/c1-12(21-8-6-20(2)7-9-21)11-19-14-5-3-4-13(10-14)15(16,17)18/h12-14,19H,3-11H2,1-2H3/t12-,13+,14-/m1/s1. The number of halogens is 3. The topological polar surface area (TPSA) is 18.5 Å². The summed E-state index contributed by atoms with van der Waals surface area (Å²) < 4.78 is 38.4. The lowest BCUT2D eigenvalue weighted by molar-refractivity contribution is -0.183. The number of likely N-dealkylation sites (N-methyl/N-ethyl adjacent to an activating group) is 1. The van der Waals surface area contributed by atoms with Gasteiger partial charge in [-0.25, -0.2) is 0 Å². The number of piperazine rings is 1. The number of nitrogens with zero attached hydrogens (tertiary/aromatic N) is 2. The summed E-state index contributed by atoms with van der Waals surface area (Å²) in [6.45, 7) is 7.21. The second-order valence-electron chi connectivity index (χ2n) is 6.70. The molecule has 0 radical (unpaired) electrons. The van der Waals surface area contributed by atoms with Gasteiger partial charge in [-0.3, -0.25) is 4.90 Å². The maximum Gasteiger partial charge on any atom is 0.391 e. The van der Waals surface area contributed by atoms with Crippen molar-refractivity contribution in [2.45, 2.75) is 50.9 Å². The Balaban J connectivity index is 1.72. The second kappa shape index (κ2) is 7.29. The van der Waals surface area contributed by atoms with E-state index in [0.29, 0.717) is 18.9 Å². The Kier molecular flexibility index (Phi) is 5.91. The fourth-order valence-electron chi connectivity index (χ4n) is 3.40. The van der Waals surface area contributed by atoms with Crippen molar-refractivity contribution in [2.24, 2.45) is 5.92 Å². The molecule has 2 aliphatic rings. The molecular weight excluding hydrogens is 279 g/mol. The monoisotopic (exact) mass is 307 g/mol. The summed E-state index contributed by atoms with van der Waals surface area (Å²) in [6, 6.07) is 0.422. The number of rotatable bonds is 4. The van der Waals surface area contributed by atoms with Crippen molar-refractivity contribution < 1.29 is 13.2 Å². The molecule has 2 rings (SSSR count). The van der Waals surface area contributed by atoms with E-state index < -0.39 is 12.1 Å². The molecule has 1 N–H and O–H groups in total. The lowest BCUT2D eigenvalue weighted by Crippen LogP contribution is -2.52. The van der Waals surface area contributed by atoms with Gasteiger partial charge in [0.05, 0.1) is 5.92 Å². The molecule has 124 valence electrons. The van der Waals surface area contributed by atoms with Gasteiger partial charge in [0.15, 0.2) is 0 Å². The molecule has 1 saturated carbocycles. The molecule has 1 saturated heterocycles. The van der Waals surface area contributed by atoms with E-state index in [-0.39, 0.29) is 12.5 Å². The molecule has 21 heavy (non-hydrogen) atoms. The Hall–Kier alpha value is -0.330. The summed E-state index contributed by atoms with van der Waals surface area (Å²) in [5.41, 5.74) is 0. The minimum Gasteiger partial charge on any atom is -0.312 e. The molecule has 3 nitrogen and oxygen atoms in total. The third kappa shape index (κ3) is 5.11. The van der Waals surface area contributed by atoms with Crippen LogP contribution in [0, 0.1) is 5.92 Å². The lowest BCUT2D eigenvalue weighted by Gasteiger charge is -2.38. The zero-order chi connectivity index (χ0) is 15.5. The summed E-state index contributed by atoms with van der Waals surface area (Å²) in [4.78, 5) is 4.74. The molecule has 0 bridgehead atoms. The smallest absolute Gasteiger partial charge is 0.312 e. The summed E-state index contributed by atoms with van der Waals surface area (Å²) in [7, 11) is 2.12. The van der Waals surface area contributed by atoms with E-state index in [9.17, 15) is 13.2 Å². The largest absolute Gasteiger partial charge is 0.391 e. The van der Waals surface area contributed by atoms with Crippen molar-refractivity contribution in [3.63, 3.8) is 0 Å². The Morgan fingerprint density at radius 1 is 1.14 bits per heavy atom. The van der Waals surface area contributed by atoms with E-state index >= 15 is 0 Å². The van der Waals surface area contributed by atoms with Gasteiger partial charge < -0.3 is 10.2 Å². The van der Waals surface area contributed by atoms with Gasteiger partial charge in [0.2, 0.25) is 0 Å². The van der Waals surface area contributed by atoms with Crippen LogP contribution in [0.3, 0.4) is 0 Å². The van der Waals surface area contributed by atoms with Crippen molar-refractivity contribution in [3.8, 4) is 0 Å². The Morgan fingerprint density at radius 2 is 1.81 bits per heavy atom. The zero-order valence-electron chi connectivity index (χ0n) is 13.1. The molecule has 6 heteroatoms. The molecule has 0 spiro atoms. The van der Waals surface area contributed by atoms with E-state index in [4.69, 9.17) is 0 Å². The predicted molar refractivity (Wildman–Crippen MR) is 78.3 cm³/mol. The number of nitrogens with one attached hydrogen (secondary N) is 1. The Morgan fingerprint density at radius 3 is 2.43 bits per heavy atom. The highest BCUT2D eigenvalue weighted by Crippen LogP contribution is 2.37. The highest BCUT2D eigenvalue weighted by molar-refractivity contribution is 4.84. The van der Waals surface area contributed by atoms with Crippen LogP contribution in [0.25, 0.3) is 0 Å². The molecule has 0 aromatic rings. The first-order valence-electron chi connectivity index (χ1n) is 8.09. The molecular formula is C15H28F3N3. The highest BCUT2D eigenvalue weighted by Gasteiger charge is 2.42. The zero-order valence-corrected chi connectivity index (χ0v) is 13.1. The molecule has 0 unspecified atom stereocenters.